The Morgan fingerprint density at radius 2 is 2.14 bits per heavy atom. The van der Waals surface area contributed by atoms with Gasteiger partial charge in [-0.3, -0.25) is 4.79 Å². The van der Waals surface area contributed by atoms with Gasteiger partial charge in [-0.15, -0.1) is 0 Å². The van der Waals surface area contributed by atoms with E-state index in [-0.39, 0.29) is 12.5 Å². The summed E-state index contributed by atoms with van der Waals surface area (Å²) in [4.78, 5) is 16.3. The maximum atomic E-state index is 12.0. The molecule has 0 bridgehead atoms. The third-order valence-electron chi connectivity index (χ3n) is 3.74. The Bertz CT molecular complexity index is 713. The third kappa shape index (κ3) is 2.95. The fraction of sp³-hybridized carbons (Fsp3) is 0.357. The summed E-state index contributed by atoms with van der Waals surface area (Å²) in [5.74, 6) is 0.516. The van der Waals surface area contributed by atoms with Gasteiger partial charge in [0.05, 0.1) is 22.1 Å². The lowest BCUT2D eigenvalue weighted by atomic mass is 9.77. The average molecular weight is 341 g/mol. The SMILES string of the molecule is NC1(c2noc(CNC(=O)c3ccc(Cl)c(Cl)c3)n2)CCC1. The van der Waals surface area contributed by atoms with Crippen molar-refractivity contribution in [2.24, 2.45) is 5.73 Å². The number of nitrogens with two attached hydrogens (primary N) is 1. The van der Waals surface area contributed by atoms with E-state index in [0.29, 0.717) is 27.3 Å². The molecular formula is C14H14Cl2N4O2. The van der Waals surface area contributed by atoms with Crippen LogP contribution in [-0.2, 0) is 12.1 Å². The van der Waals surface area contributed by atoms with Gasteiger partial charge in [-0.1, -0.05) is 28.4 Å². The van der Waals surface area contributed by atoms with Crippen LogP contribution in [0.5, 0.6) is 0 Å². The van der Waals surface area contributed by atoms with Crippen LogP contribution in [0.1, 0.15) is 41.3 Å². The van der Waals surface area contributed by atoms with Crippen molar-refractivity contribution in [3.05, 3.63) is 45.5 Å². The molecule has 3 rings (SSSR count). The number of rotatable bonds is 4. The van der Waals surface area contributed by atoms with Gasteiger partial charge in [-0.05, 0) is 37.5 Å². The number of halogens is 2. The van der Waals surface area contributed by atoms with Crippen molar-refractivity contribution in [1.29, 1.82) is 0 Å². The summed E-state index contributed by atoms with van der Waals surface area (Å²) in [6, 6.07) is 4.66. The monoisotopic (exact) mass is 340 g/mol. The molecule has 22 heavy (non-hydrogen) atoms. The molecule has 0 aliphatic heterocycles. The highest BCUT2D eigenvalue weighted by molar-refractivity contribution is 6.42. The first-order chi connectivity index (χ1) is 10.5. The van der Waals surface area contributed by atoms with Crippen LogP contribution in [0.4, 0.5) is 0 Å². The molecule has 0 radical (unpaired) electrons. The maximum Gasteiger partial charge on any atom is 0.251 e. The van der Waals surface area contributed by atoms with E-state index in [4.69, 9.17) is 33.5 Å². The molecule has 1 saturated carbocycles. The number of nitrogens with one attached hydrogen (secondary N) is 1. The highest BCUT2D eigenvalue weighted by atomic mass is 35.5. The summed E-state index contributed by atoms with van der Waals surface area (Å²) in [7, 11) is 0. The van der Waals surface area contributed by atoms with E-state index in [0.717, 1.165) is 19.3 Å². The minimum Gasteiger partial charge on any atom is -0.343 e. The molecule has 1 aromatic heterocycles. The van der Waals surface area contributed by atoms with Crippen molar-refractivity contribution >= 4 is 29.1 Å². The Hall–Kier alpha value is -1.63. The lowest BCUT2D eigenvalue weighted by Crippen LogP contribution is -2.44. The summed E-state index contributed by atoms with van der Waals surface area (Å²) in [6.07, 6.45) is 2.76. The first-order valence-corrected chi connectivity index (χ1v) is 7.59. The Morgan fingerprint density at radius 1 is 1.36 bits per heavy atom. The normalized spacial score (nSPS) is 16.1. The van der Waals surface area contributed by atoms with Crippen LogP contribution in [0, 0.1) is 0 Å². The molecule has 8 heteroatoms. The van der Waals surface area contributed by atoms with Crippen LogP contribution in [0.15, 0.2) is 22.7 Å². The topological polar surface area (TPSA) is 94.0 Å². The van der Waals surface area contributed by atoms with E-state index in [1.165, 1.54) is 6.07 Å². The minimum atomic E-state index is -0.477. The minimum absolute atomic E-state index is 0.127. The molecule has 0 atom stereocenters. The lowest BCUT2D eigenvalue weighted by molar-refractivity contribution is 0.0946. The van der Waals surface area contributed by atoms with Gasteiger partial charge in [0.2, 0.25) is 5.89 Å². The van der Waals surface area contributed by atoms with Crippen molar-refractivity contribution < 1.29 is 9.32 Å². The van der Waals surface area contributed by atoms with Gasteiger partial charge in [0.1, 0.15) is 0 Å². The van der Waals surface area contributed by atoms with E-state index in [9.17, 15) is 4.79 Å². The van der Waals surface area contributed by atoms with Gasteiger partial charge >= 0.3 is 0 Å². The number of aromatic nitrogens is 2. The van der Waals surface area contributed by atoms with Gasteiger partial charge in [0.15, 0.2) is 5.82 Å². The molecule has 1 aliphatic rings. The first kappa shape index (κ1) is 15.3. The number of carbonyl (C=O) groups is 1. The van der Waals surface area contributed by atoms with Crippen LogP contribution in [0.3, 0.4) is 0 Å². The molecule has 116 valence electrons. The predicted molar refractivity (Wildman–Crippen MR) is 81.6 cm³/mol. The molecule has 0 saturated heterocycles. The fourth-order valence-electron chi connectivity index (χ4n) is 2.21. The second kappa shape index (κ2) is 5.87. The molecule has 0 spiro atoms. The summed E-state index contributed by atoms with van der Waals surface area (Å²) < 4.78 is 5.11. The Morgan fingerprint density at radius 3 is 2.77 bits per heavy atom. The predicted octanol–water partition coefficient (Wildman–Crippen LogP) is 2.64. The zero-order valence-electron chi connectivity index (χ0n) is 11.6. The smallest absolute Gasteiger partial charge is 0.251 e. The lowest BCUT2D eigenvalue weighted by Gasteiger charge is -2.34. The maximum absolute atomic E-state index is 12.0. The molecule has 2 aromatic rings. The van der Waals surface area contributed by atoms with E-state index < -0.39 is 5.54 Å². The van der Waals surface area contributed by atoms with Crippen LogP contribution in [0.25, 0.3) is 0 Å². The second-order valence-corrected chi connectivity index (χ2v) is 6.15. The van der Waals surface area contributed by atoms with Gasteiger partial charge in [-0.2, -0.15) is 4.98 Å². The second-order valence-electron chi connectivity index (χ2n) is 5.33. The molecule has 1 aliphatic carbocycles. The van der Waals surface area contributed by atoms with Gasteiger partial charge in [0, 0.05) is 5.56 Å². The number of nitrogens with zero attached hydrogens (tertiary/aromatic N) is 2. The Balaban J connectivity index is 1.62. The number of hydrogen-bond acceptors (Lipinski definition) is 5. The van der Waals surface area contributed by atoms with Crippen LogP contribution >= 0.6 is 23.2 Å². The molecule has 1 amide bonds. The van der Waals surface area contributed by atoms with Crippen molar-refractivity contribution in [1.82, 2.24) is 15.5 Å². The standard InChI is InChI=1S/C14H14Cl2N4O2/c15-9-3-2-8(6-10(9)16)12(21)18-7-11-19-13(20-22-11)14(17)4-1-5-14/h2-3,6H,1,4-5,7,17H2,(H,18,21). The summed E-state index contributed by atoms with van der Waals surface area (Å²) in [6.45, 7) is 0.127. The first-order valence-electron chi connectivity index (χ1n) is 6.83. The molecule has 0 unspecified atom stereocenters. The molecule has 1 heterocycles. The molecule has 3 N–H and O–H groups in total. The quantitative estimate of drug-likeness (QED) is 0.892. The summed E-state index contributed by atoms with van der Waals surface area (Å²) in [5, 5.41) is 7.29. The molecular weight excluding hydrogens is 327 g/mol. The van der Waals surface area contributed by atoms with Crippen molar-refractivity contribution in [3.63, 3.8) is 0 Å². The summed E-state index contributed by atoms with van der Waals surface area (Å²) >= 11 is 11.7. The average Bonchev–Trinajstić information content (AvgIpc) is 2.94. The highest BCUT2D eigenvalue weighted by Gasteiger charge is 2.38. The van der Waals surface area contributed by atoms with Crippen LogP contribution in [0.2, 0.25) is 10.0 Å². The number of amides is 1. The molecule has 6 nitrogen and oxygen atoms in total. The largest absolute Gasteiger partial charge is 0.343 e. The number of benzene rings is 1. The van der Waals surface area contributed by atoms with E-state index in [1.807, 2.05) is 0 Å². The highest BCUT2D eigenvalue weighted by Crippen LogP contribution is 2.36. The van der Waals surface area contributed by atoms with E-state index in [2.05, 4.69) is 15.5 Å². The van der Waals surface area contributed by atoms with E-state index >= 15 is 0 Å². The van der Waals surface area contributed by atoms with Crippen molar-refractivity contribution in [3.8, 4) is 0 Å². The summed E-state index contributed by atoms with van der Waals surface area (Å²) in [5.41, 5.74) is 6.04. The van der Waals surface area contributed by atoms with Crippen molar-refractivity contribution in [2.75, 3.05) is 0 Å². The Kier molecular flexibility index (Phi) is 4.08. The number of carbonyl (C=O) groups excluding carboxylic acids is 1. The van der Waals surface area contributed by atoms with Crippen LogP contribution in [-0.4, -0.2) is 16.0 Å². The van der Waals surface area contributed by atoms with Gasteiger partial charge in [-0.25, -0.2) is 0 Å². The van der Waals surface area contributed by atoms with Crippen LogP contribution < -0.4 is 11.1 Å². The third-order valence-corrected chi connectivity index (χ3v) is 4.48. The zero-order valence-corrected chi connectivity index (χ0v) is 13.1. The number of hydrogen-bond donors (Lipinski definition) is 2. The molecule has 1 aromatic carbocycles. The molecule has 1 fully saturated rings. The van der Waals surface area contributed by atoms with Gasteiger partial charge in [0.25, 0.3) is 5.91 Å². The Labute approximate surface area is 137 Å². The zero-order chi connectivity index (χ0) is 15.7. The van der Waals surface area contributed by atoms with Crippen molar-refractivity contribution in [2.45, 2.75) is 31.3 Å². The van der Waals surface area contributed by atoms with Gasteiger partial charge < -0.3 is 15.6 Å². The fourth-order valence-corrected chi connectivity index (χ4v) is 2.50. The van der Waals surface area contributed by atoms with E-state index in [1.54, 1.807) is 12.1 Å².